The minimum absolute atomic E-state index is 0.104. The zero-order chi connectivity index (χ0) is 11.5. The fourth-order valence-electron chi connectivity index (χ4n) is 1.96. The molecule has 0 amide bonds. The van der Waals surface area contributed by atoms with E-state index in [-0.39, 0.29) is 11.9 Å². The summed E-state index contributed by atoms with van der Waals surface area (Å²) in [6.07, 6.45) is 1.67. The Morgan fingerprint density at radius 2 is 2.19 bits per heavy atom. The van der Waals surface area contributed by atoms with Gasteiger partial charge < -0.3 is 10.4 Å². The molecule has 1 saturated carbocycles. The van der Waals surface area contributed by atoms with Gasteiger partial charge in [0.15, 0.2) is 0 Å². The fourth-order valence-corrected chi connectivity index (χ4v) is 2.34. The Kier molecular flexibility index (Phi) is 3.95. The molecule has 0 heterocycles. The molecule has 1 aromatic carbocycles. The van der Waals surface area contributed by atoms with E-state index >= 15 is 0 Å². The molecule has 1 aliphatic rings. The second-order valence-electron chi connectivity index (χ2n) is 4.36. The Morgan fingerprint density at radius 1 is 1.44 bits per heavy atom. The average Bonchev–Trinajstić information content (AvgIpc) is 2.20. The first-order valence-electron chi connectivity index (χ1n) is 5.48. The molecule has 1 aliphatic carbocycles. The van der Waals surface area contributed by atoms with Crippen molar-refractivity contribution in [1.82, 2.24) is 5.32 Å². The summed E-state index contributed by atoms with van der Waals surface area (Å²) in [7, 11) is 0. The van der Waals surface area contributed by atoms with E-state index in [2.05, 4.69) is 21.2 Å². The Hall–Kier alpha value is -0.450. The summed E-state index contributed by atoms with van der Waals surface area (Å²) in [5, 5.41) is 12.4. The van der Waals surface area contributed by atoms with Crippen LogP contribution in [0, 0.1) is 11.7 Å². The number of aliphatic hydroxyl groups excluding tert-OH is 1. The first-order valence-corrected chi connectivity index (χ1v) is 6.27. The maximum absolute atomic E-state index is 13.0. The van der Waals surface area contributed by atoms with E-state index in [1.54, 1.807) is 6.07 Å². The van der Waals surface area contributed by atoms with E-state index in [0.29, 0.717) is 12.5 Å². The third-order valence-corrected chi connectivity index (χ3v) is 3.74. The third-order valence-electron chi connectivity index (χ3n) is 2.97. The van der Waals surface area contributed by atoms with Gasteiger partial charge in [0.1, 0.15) is 5.82 Å². The van der Waals surface area contributed by atoms with Crippen LogP contribution in [0.25, 0.3) is 0 Å². The van der Waals surface area contributed by atoms with Gasteiger partial charge in [-0.1, -0.05) is 15.9 Å². The van der Waals surface area contributed by atoms with E-state index in [4.69, 9.17) is 5.11 Å². The minimum atomic E-state index is -0.209. The molecule has 2 nitrogen and oxygen atoms in total. The molecule has 2 N–H and O–H groups in total. The highest BCUT2D eigenvalue weighted by Gasteiger charge is 2.26. The molecular weight excluding hydrogens is 273 g/mol. The van der Waals surface area contributed by atoms with Gasteiger partial charge in [-0.05, 0) is 49.1 Å². The molecule has 1 aromatic rings. The van der Waals surface area contributed by atoms with Gasteiger partial charge in [-0.15, -0.1) is 0 Å². The number of benzene rings is 1. The quantitative estimate of drug-likeness (QED) is 0.892. The summed E-state index contributed by atoms with van der Waals surface area (Å²) in [4.78, 5) is 0. The van der Waals surface area contributed by atoms with Crippen molar-refractivity contribution in [3.05, 3.63) is 34.1 Å². The van der Waals surface area contributed by atoms with Gasteiger partial charge in [-0.25, -0.2) is 4.39 Å². The van der Waals surface area contributed by atoms with Crippen LogP contribution in [0.5, 0.6) is 0 Å². The van der Waals surface area contributed by atoms with Crippen LogP contribution >= 0.6 is 15.9 Å². The summed E-state index contributed by atoms with van der Waals surface area (Å²) < 4.78 is 13.9. The average molecular weight is 288 g/mol. The van der Waals surface area contributed by atoms with Crippen molar-refractivity contribution in [3.63, 3.8) is 0 Å². The molecule has 2 rings (SSSR count). The molecule has 4 heteroatoms. The number of rotatable bonds is 4. The predicted octanol–water partition coefficient (Wildman–Crippen LogP) is 2.45. The molecule has 88 valence electrons. The van der Waals surface area contributed by atoms with Crippen LogP contribution in [0.15, 0.2) is 22.7 Å². The first-order chi connectivity index (χ1) is 7.65. The van der Waals surface area contributed by atoms with Gasteiger partial charge in [0, 0.05) is 11.0 Å². The lowest BCUT2D eigenvalue weighted by Crippen LogP contribution is -2.35. The molecule has 0 radical (unpaired) electrons. The highest BCUT2D eigenvalue weighted by atomic mass is 79.9. The van der Waals surface area contributed by atoms with Crippen molar-refractivity contribution in [3.8, 4) is 0 Å². The molecule has 1 fully saturated rings. The van der Waals surface area contributed by atoms with Crippen molar-refractivity contribution in [2.75, 3.05) is 6.54 Å². The maximum Gasteiger partial charge on any atom is 0.123 e. The third kappa shape index (κ3) is 3.03. The van der Waals surface area contributed by atoms with Crippen molar-refractivity contribution in [1.29, 1.82) is 0 Å². The van der Waals surface area contributed by atoms with Gasteiger partial charge in [0.05, 0.1) is 6.10 Å². The predicted molar refractivity (Wildman–Crippen MR) is 64.5 cm³/mol. The normalized spacial score (nSPS) is 24.2. The summed E-state index contributed by atoms with van der Waals surface area (Å²) in [5.41, 5.74) is 0.930. The Bertz CT molecular complexity index is 366. The largest absolute Gasteiger partial charge is 0.393 e. The van der Waals surface area contributed by atoms with Crippen molar-refractivity contribution < 1.29 is 9.50 Å². The summed E-state index contributed by atoms with van der Waals surface area (Å²) in [6, 6.07) is 4.70. The number of aliphatic hydroxyl groups is 1. The van der Waals surface area contributed by atoms with Gasteiger partial charge in [0.2, 0.25) is 0 Å². The highest BCUT2D eigenvalue weighted by molar-refractivity contribution is 9.10. The monoisotopic (exact) mass is 287 g/mol. The molecule has 0 spiro atoms. The highest BCUT2D eigenvalue weighted by Crippen LogP contribution is 2.26. The lowest BCUT2D eigenvalue weighted by molar-refractivity contribution is 0.0429. The standard InChI is InChI=1S/C12H15BrFNO/c13-12-2-1-10(14)5-9(12)7-15-6-8-3-11(16)4-8/h1-2,5,8,11,15-16H,3-4,6-7H2. The lowest BCUT2D eigenvalue weighted by atomic mass is 9.82. The molecule has 0 aromatic heterocycles. The van der Waals surface area contributed by atoms with E-state index in [0.717, 1.165) is 29.4 Å². The van der Waals surface area contributed by atoms with Crippen molar-refractivity contribution in [2.24, 2.45) is 5.92 Å². The molecule has 0 saturated heterocycles. The summed E-state index contributed by atoms with van der Waals surface area (Å²) in [5.74, 6) is 0.362. The smallest absolute Gasteiger partial charge is 0.123 e. The second-order valence-corrected chi connectivity index (χ2v) is 5.21. The van der Waals surface area contributed by atoms with Crippen LogP contribution in [-0.2, 0) is 6.54 Å². The maximum atomic E-state index is 13.0. The fraction of sp³-hybridized carbons (Fsp3) is 0.500. The first kappa shape index (κ1) is 12.0. The van der Waals surface area contributed by atoms with Crippen LogP contribution in [0.2, 0.25) is 0 Å². The van der Waals surface area contributed by atoms with Crippen LogP contribution in [-0.4, -0.2) is 17.8 Å². The summed E-state index contributed by atoms with van der Waals surface area (Å²) in [6.45, 7) is 1.55. The molecule has 0 atom stereocenters. The summed E-state index contributed by atoms with van der Waals surface area (Å²) >= 11 is 3.39. The van der Waals surface area contributed by atoms with Crippen molar-refractivity contribution in [2.45, 2.75) is 25.5 Å². The molecule has 0 unspecified atom stereocenters. The van der Waals surface area contributed by atoms with Crippen LogP contribution < -0.4 is 5.32 Å². The molecule has 0 aliphatic heterocycles. The number of hydrogen-bond donors (Lipinski definition) is 2. The van der Waals surface area contributed by atoms with E-state index in [9.17, 15) is 4.39 Å². The SMILES string of the molecule is OC1CC(CNCc2cc(F)ccc2Br)C1. The number of hydrogen-bond acceptors (Lipinski definition) is 2. The topological polar surface area (TPSA) is 32.3 Å². The molecular formula is C12H15BrFNO. The van der Waals surface area contributed by atoms with Crippen LogP contribution in [0.1, 0.15) is 18.4 Å². The van der Waals surface area contributed by atoms with E-state index < -0.39 is 0 Å². The zero-order valence-corrected chi connectivity index (χ0v) is 10.5. The number of nitrogens with one attached hydrogen (secondary N) is 1. The van der Waals surface area contributed by atoms with Crippen LogP contribution in [0.3, 0.4) is 0 Å². The van der Waals surface area contributed by atoms with Gasteiger partial charge in [0.25, 0.3) is 0 Å². The van der Waals surface area contributed by atoms with Gasteiger partial charge in [-0.2, -0.15) is 0 Å². The Balaban J connectivity index is 1.78. The second kappa shape index (κ2) is 5.25. The van der Waals surface area contributed by atoms with Gasteiger partial charge >= 0.3 is 0 Å². The lowest BCUT2D eigenvalue weighted by Gasteiger charge is -2.31. The van der Waals surface area contributed by atoms with E-state index in [1.165, 1.54) is 12.1 Å². The van der Waals surface area contributed by atoms with E-state index in [1.807, 2.05) is 0 Å². The minimum Gasteiger partial charge on any atom is -0.393 e. The zero-order valence-electron chi connectivity index (χ0n) is 8.92. The number of halogens is 2. The van der Waals surface area contributed by atoms with Crippen LogP contribution in [0.4, 0.5) is 4.39 Å². The molecule has 16 heavy (non-hydrogen) atoms. The van der Waals surface area contributed by atoms with Crippen molar-refractivity contribution >= 4 is 15.9 Å². The molecule has 0 bridgehead atoms. The van der Waals surface area contributed by atoms with Gasteiger partial charge in [-0.3, -0.25) is 0 Å². The Morgan fingerprint density at radius 3 is 2.88 bits per heavy atom. The Labute approximate surface area is 103 Å².